The molecule has 10 heteroatoms. The van der Waals surface area contributed by atoms with Crippen LogP contribution in [0.25, 0.3) is 0 Å². The van der Waals surface area contributed by atoms with Crippen molar-refractivity contribution >= 4 is 27.5 Å². The van der Waals surface area contributed by atoms with Crippen LogP contribution in [-0.4, -0.2) is 71.3 Å². The molecule has 2 amide bonds. The van der Waals surface area contributed by atoms with Gasteiger partial charge in [-0.15, -0.1) is 0 Å². The monoisotopic (exact) mass is 519 g/mol. The van der Waals surface area contributed by atoms with Crippen molar-refractivity contribution in [3.8, 4) is 11.5 Å². The van der Waals surface area contributed by atoms with Crippen LogP contribution in [0.3, 0.4) is 0 Å². The summed E-state index contributed by atoms with van der Waals surface area (Å²) in [6.45, 7) is 5.82. The van der Waals surface area contributed by atoms with E-state index >= 15 is 0 Å². The van der Waals surface area contributed by atoms with Crippen LogP contribution in [-0.2, 0) is 26.0 Å². The first kappa shape index (κ1) is 29.0. The van der Waals surface area contributed by atoms with Crippen LogP contribution in [0.5, 0.6) is 11.5 Å². The highest BCUT2D eigenvalue weighted by atomic mass is 32.2. The van der Waals surface area contributed by atoms with E-state index in [-0.39, 0.29) is 29.8 Å². The molecule has 0 aliphatic carbocycles. The molecule has 0 unspecified atom stereocenters. The standard InChI is InChI=1S/C26H37N3O6S/c1-19(2)17-27-26(31)20(3)28(15-14-21-10-8-7-9-11-21)25(30)18-29(36(6,32)33)23-16-22(34-4)12-13-24(23)35-5/h7-13,16,19-20H,14-15,17-18H2,1-6H3,(H,27,31)/t20-/m0/s1. The van der Waals surface area contributed by atoms with Crippen molar-refractivity contribution in [3.05, 3.63) is 54.1 Å². The molecule has 2 aromatic rings. The average Bonchev–Trinajstić information content (AvgIpc) is 2.85. The van der Waals surface area contributed by atoms with Crippen LogP contribution in [0, 0.1) is 5.92 Å². The molecule has 0 heterocycles. The van der Waals surface area contributed by atoms with Crippen molar-refractivity contribution in [1.29, 1.82) is 0 Å². The number of rotatable bonds is 13. The summed E-state index contributed by atoms with van der Waals surface area (Å²) in [5.41, 5.74) is 1.17. The number of methoxy groups -OCH3 is 2. The molecule has 0 saturated heterocycles. The van der Waals surface area contributed by atoms with Gasteiger partial charge in [-0.3, -0.25) is 13.9 Å². The van der Waals surface area contributed by atoms with Crippen molar-refractivity contribution in [1.82, 2.24) is 10.2 Å². The summed E-state index contributed by atoms with van der Waals surface area (Å²) in [6.07, 6.45) is 1.53. The van der Waals surface area contributed by atoms with Crippen LogP contribution in [0.1, 0.15) is 26.3 Å². The van der Waals surface area contributed by atoms with Gasteiger partial charge in [-0.1, -0.05) is 44.2 Å². The van der Waals surface area contributed by atoms with Crippen molar-refractivity contribution in [2.24, 2.45) is 5.92 Å². The molecule has 0 radical (unpaired) electrons. The Hall–Kier alpha value is -3.27. The zero-order valence-corrected chi connectivity index (χ0v) is 22.7. The molecule has 0 aliphatic rings. The predicted molar refractivity (Wildman–Crippen MR) is 141 cm³/mol. The molecule has 0 aromatic heterocycles. The Balaban J connectivity index is 2.39. The third-order valence-corrected chi connectivity index (χ3v) is 6.80. The number of anilines is 1. The number of nitrogens with one attached hydrogen (secondary N) is 1. The second kappa shape index (κ2) is 13.2. The van der Waals surface area contributed by atoms with E-state index in [1.807, 2.05) is 44.2 Å². The van der Waals surface area contributed by atoms with Crippen molar-refractivity contribution < 1.29 is 27.5 Å². The maximum absolute atomic E-state index is 13.6. The Morgan fingerprint density at radius 2 is 1.67 bits per heavy atom. The third-order valence-electron chi connectivity index (χ3n) is 5.67. The highest BCUT2D eigenvalue weighted by Gasteiger charge is 2.31. The molecule has 1 N–H and O–H groups in total. The van der Waals surface area contributed by atoms with Gasteiger partial charge in [0.05, 0.1) is 26.2 Å². The number of nitrogens with zero attached hydrogens (tertiary/aromatic N) is 2. The molecule has 9 nitrogen and oxygen atoms in total. The normalized spacial score (nSPS) is 12.1. The highest BCUT2D eigenvalue weighted by Crippen LogP contribution is 2.33. The fourth-order valence-corrected chi connectivity index (χ4v) is 4.45. The van der Waals surface area contributed by atoms with Gasteiger partial charge in [0.1, 0.15) is 24.1 Å². The molecular formula is C26H37N3O6S. The fraction of sp³-hybridized carbons (Fsp3) is 0.462. The summed E-state index contributed by atoms with van der Waals surface area (Å²) < 4.78 is 37.2. The minimum Gasteiger partial charge on any atom is -0.497 e. The number of sulfonamides is 1. The van der Waals surface area contributed by atoms with Gasteiger partial charge in [0.15, 0.2) is 0 Å². The molecule has 198 valence electrons. The van der Waals surface area contributed by atoms with Gasteiger partial charge in [0, 0.05) is 19.2 Å². The smallest absolute Gasteiger partial charge is 0.244 e. The number of carbonyl (C=O) groups is 2. The number of benzene rings is 2. The van der Waals surface area contributed by atoms with Crippen molar-refractivity contribution in [2.75, 3.05) is 44.4 Å². The van der Waals surface area contributed by atoms with Gasteiger partial charge in [-0.2, -0.15) is 0 Å². The van der Waals surface area contributed by atoms with E-state index < -0.39 is 28.5 Å². The first-order valence-electron chi connectivity index (χ1n) is 11.8. The molecule has 0 saturated carbocycles. The van der Waals surface area contributed by atoms with E-state index in [1.165, 1.54) is 25.2 Å². The van der Waals surface area contributed by atoms with Gasteiger partial charge in [-0.25, -0.2) is 8.42 Å². The number of carbonyl (C=O) groups excluding carboxylic acids is 2. The second-order valence-corrected chi connectivity index (χ2v) is 10.9. The molecule has 0 fully saturated rings. The number of hydrogen-bond donors (Lipinski definition) is 1. The van der Waals surface area contributed by atoms with Crippen molar-refractivity contribution in [3.63, 3.8) is 0 Å². The molecule has 0 spiro atoms. The Labute approximate surface area is 214 Å². The predicted octanol–water partition coefficient (Wildman–Crippen LogP) is 2.70. The Bertz CT molecular complexity index is 1120. The van der Waals surface area contributed by atoms with E-state index in [0.717, 1.165) is 16.1 Å². The van der Waals surface area contributed by atoms with E-state index in [2.05, 4.69) is 5.32 Å². The lowest BCUT2D eigenvalue weighted by atomic mass is 10.1. The summed E-state index contributed by atoms with van der Waals surface area (Å²) >= 11 is 0. The minimum absolute atomic E-state index is 0.174. The maximum Gasteiger partial charge on any atom is 0.244 e. The van der Waals surface area contributed by atoms with Gasteiger partial charge >= 0.3 is 0 Å². The van der Waals surface area contributed by atoms with E-state index in [1.54, 1.807) is 19.1 Å². The molecule has 2 rings (SSSR count). The average molecular weight is 520 g/mol. The quantitative estimate of drug-likeness (QED) is 0.436. The van der Waals surface area contributed by atoms with E-state index in [9.17, 15) is 18.0 Å². The first-order chi connectivity index (χ1) is 17.0. The molecule has 0 aliphatic heterocycles. The summed E-state index contributed by atoms with van der Waals surface area (Å²) in [5.74, 6) is 0.126. The van der Waals surface area contributed by atoms with E-state index in [4.69, 9.17) is 9.47 Å². The summed E-state index contributed by atoms with van der Waals surface area (Å²) in [7, 11) is -1.01. The lowest BCUT2D eigenvalue weighted by molar-refractivity contribution is -0.138. The molecule has 1 atom stereocenters. The number of hydrogen-bond acceptors (Lipinski definition) is 6. The van der Waals surface area contributed by atoms with Gasteiger partial charge < -0.3 is 19.7 Å². The van der Waals surface area contributed by atoms with Gasteiger partial charge in [0.25, 0.3) is 0 Å². The van der Waals surface area contributed by atoms with Crippen LogP contribution in [0.4, 0.5) is 5.69 Å². The van der Waals surface area contributed by atoms with Crippen LogP contribution in [0.15, 0.2) is 48.5 Å². The van der Waals surface area contributed by atoms with Gasteiger partial charge in [-0.05, 0) is 37.0 Å². The second-order valence-electron chi connectivity index (χ2n) is 8.95. The maximum atomic E-state index is 13.6. The van der Waals surface area contributed by atoms with Crippen LogP contribution < -0.4 is 19.1 Å². The zero-order chi connectivity index (χ0) is 26.9. The number of amides is 2. The zero-order valence-electron chi connectivity index (χ0n) is 21.9. The lowest BCUT2D eigenvalue weighted by Crippen LogP contribution is -2.52. The highest BCUT2D eigenvalue weighted by molar-refractivity contribution is 7.92. The minimum atomic E-state index is -3.89. The van der Waals surface area contributed by atoms with E-state index in [0.29, 0.717) is 18.7 Å². The molecule has 36 heavy (non-hydrogen) atoms. The SMILES string of the molecule is COc1ccc(OC)c(N(CC(=O)N(CCc2ccccc2)[C@@H](C)C(=O)NCC(C)C)S(C)(=O)=O)c1. The summed E-state index contributed by atoms with van der Waals surface area (Å²) in [4.78, 5) is 27.9. The summed E-state index contributed by atoms with van der Waals surface area (Å²) in [6, 6.07) is 13.5. The first-order valence-corrected chi connectivity index (χ1v) is 13.6. The Morgan fingerprint density at radius 3 is 2.22 bits per heavy atom. The van der Waals surface area contributed by atoms with Crippen LogP contribution in [0.2, 0.25) is 0 Å². The Morgan fingerprint density at radius 1 is 1.00 bits per heavy atom. The molecular weight excluding hydrogens is 482 g/mol. The molecule has 2 aromatic carbocycles. The summed E-state index contributed by atoms with van der Waals surface area (Å²) in [5, 5.41) is 2.86. The Kier molecular flexibility index (Phi) is 10.6. The lowest BCUT2D eigenvalue weighted by Gasteiger charge is -2.32. The molecule has 0 bridgehead atoms. The van der Waals surface area contributed by atoms with Crippen LogP contribution >= 0.6 is 0 Å². The van der Waals surface area contributed by atoms with Crippen molar-refractivity contribution in [2.45, 2.75) is 33.2 Å². The van der Waals surface area contributed by atoms with Gasteiger partial charge in [0.2, 0.25) is 21.8 Å². The fourth-order valence-electron chi connectivity index (χ4n) is 3.61. The number of ether oxygens (including phenoxy) is 2. The largest absolute Gasteiger partial charge is 0.497 e. The third kappa shape index (κ3) is 8.15. The topological polar surface area (TPSA) is 105 Å².